The zero-order valence-corrected chi connectivity index (χ0v) is 10.3. The summed E-state index contributed by atoms with van der Waals surface area (Å²) < 4.78 is 13.3. The van der Waals surface area contributed by atoms with Gasteiger partial charge in [0.25, 0.3) is 0 Å². The average molecular weight is 238 g/mol. The summed E-state index contributed by atoms with van der Waals surface area (Å²) in [6.45, 7) is 6.13. The van der Waals surface area contributed by atoms with E-state index < -0.39 is 5.82 Å². The van der Waals surface area contributed by atoms with Crippen LogP contribution < -0.4 is 0 Å². The van der Waals surface area contributed by atoms with Gasteiger partial charge in [-0.1, -0.05) is 25.4 Å². The summed E-state index contributed by atoms with van der Waals surface area (Å²) in [4.78, 5) is 4.44. The average Bonchev–Trinajstić information content (AvgIpc) is 2.20. The number of aryl methyl sites for hydroxylation is 1. The van der Waals surface area contributed by atoms with Gasteiger partial charge in [-0.2, -0.15) is 0 Å². The quantitative estimate of drug-likeness (QED) is 0.714. The van der Waals surface area contributed by atoms with Crippen LogP contribution in [-0.4, -0.2) is 4.98 Å². The molecule has 0 radical (unpaired) electrons. The molecule has 0 atom stereocenters. The van der Waals surface area contributed by atoms with Gasteiger partial charge in [-0.05, 0) is 30.5 Å². The Morgan fingerprint density at radius 1 is 1.25 bits per heavy atom. The zero-order valence-electron chi connectivity index (χ0n) is 9.51. The molecule has 0 bridgehead atoms. The SMILES string of the molecule is Cc1cc(C(C)C)nc2cc(F)c(Cl)cc12. The molecule has 0 fully saturated rings. The van der Waals surface area contributed by atoms with E-state index in [0.717, 1.165) is 16.6 Å². The van der Waals surface area contributed by atoms with E-state index in [9.17, 15) is 4.39 Å². The van der Waals surface area contributed by atoms with E-state index in [1.165, 1.54) is 6.07 Å². The third-order valence-corrected chi connectivity index (χ3v) is 2.96. The number of aromatic nitrogens is 1. The molecule has 0 N–H and O–H groups in total. The van der Waals surface area contributed by atoms with Crippen molar-refractivity contribution in [1.29, 1.82) is 0 Å². The third-order valence-electron chi connectivity index (χ3n) is 2.67. The molecule has 2 aromatic rings. The Morgan fingerprint density at radius 3 is 2.56 bits per heavy atom. The van der Waals surface area contributed by atoms with Gasteiger partial charge in [0, 0.05) is 17.1 Å². The Hall–Kier alpha value is -1.15. The van der Waals surface area contributed by atoms with Crippen molar-refractivity contribution in [2.75, 3.05) is 0 Å². The van der Waals surface area contributed by atoms with Crippen LogP contribution in [0, 0.1) is 12.7 Å². The molecule has 0 aliphatic carbocycles. The number of hydrogen-bond donors (Lipinski definition) is 0. The number of pyridine rings is 1. The molecule has 0 saturated carbocycles. The lowest BCUT2D eigenvalue weighted by molar-refractivity contribution is 0.629. The van der Waals surface area contributed by atoms with Crippen molar-refractivity contribution in [1.82, 2.24) is 4.98 Å². The second-order valence-electron chi connectivity index (χ2n) is 4.30. The third kappa shape index (κ3) is 1.90. The molecule has 3 heteroatoms. The van der Waals surface area contributed by atoms with Gasteiger partial charge < -0.3 is 0 Å². The zero-order chi connectivity index (χ0) is 11.9. The lowest BCUT2D eigenvalue weighted by Crippen LogP contribution is -1.95. The lowest BCUT2D eigenvalue weighted by Gasteiger charge is -2.09. The van der Waals surface area contributed by atoms with Gasteiger partial charge in [-0.15, -0.1) is 0 Å². The summed E-state index contributed by atoms with van der Waals surface area (Å²) in [7, 11) is 0. The smallest absolute Gasteiger partial charge is 0.143 e. The number of halogens is 2. The minimum atomic E-state index is -0.415. The summed E-state index contributed by atoms with van der Waals surface area (Å²) >= 11 is 5.76. The Labute approximate surface area is 99.3 Å². The van der Waals surface area contributed by atoms with Crippen molar-refractivity contribution in [2.45, 2.75) is 26.7 Å². The maximum Gasteiger partial charge on any atom is 0.143 e. The molecule has 0 aliphatic rings. The van der Waals surface area contributed by atoms with Crippen LogP contribution in [-0.2, 0) is 0 Å². The fraction of sp³-hybridized carbons (Fsp3) is 0.308. The molecular weight excluding hydrogens is 225 g/mol. The van der Waals surface area contributed by atoms with Crippen molar-refractivity contribution >= 4 is 22.5 Å². The molecule has 2 rings (SSSR count). The van der Waals surface area contributed by atoms with E-state index in [1.807, 2.05) is 13.0 Å². The van der Waals surface area contributed by atoms with Crippen molar-refractivity contribution < 1.29 is 4.39 Å². The Balaban J connectivity index is 2.77. The van der Waals surface area contributed by atoms with E-state index >= 15 is 0 Å². The molecule has 16 heavy (non-hydrogen) atoms. The van der Waals surface area contributed by atoms with Crippen LogP contribution in [0.3, 0.4) is 0 Å². The van der Waals surface area contributed by atoms with E-state index in [2.05, 4.69) is 18.8 Å². The first-order chi connectivity index (χ1) is 7.49. The fourth-order valence-electron chi connectivity index (χ4n) is 1.71. The van der Waals surface area contributed by atoms with Crippen LogP contribution >= 0.6 is 11.6 Å². The number of nitrogens with zero attached hydrogens (tertiary/aromatic N) is 1. The Bertz CT molecular complexity index is 549. The number of fused-ring (bicyclic) bond motifs is 1. The molecule has 0 saturated heterocycles. The van der Waals surface area contributed by atoms with Gasteiger partial charge in [0.05, 0.1) is 10.5 Å². The first-order valence-electron chi connectivity index (χ1n) is 5.25. The molecule has 0 spiro atoms. The van der Waals surface area contributed by atoms with Crippen molar-refractivity contribution in [3.05, 3.63) is 40.3 Å². The van der Waals surface area contributed by atoms with E-state index in [1.54, 1.807) is 6.07 Å². The van der Waals surface area contributed by atoms with E-state index in [-0.39, 0.29) is 5.02 Å². The van der Waals surface area contributed by atoms with Crippen molar-refractivity contribution in [2.24, 2.45) is 0 Å². The number of benzene rings is 1. The second-order valence-corrected chi connectivity index (χ2v) is 4.71. The van der Waals surface area contributed by atoms with E-state index in [0.29, 0.717) is 11.4 Å². The van der Waals surface area contributed by atoms with Gasteiger partial charge >= 0.3 is 0 Å². The normalized spacial score (nSPS) is 11.4. The van der Waals surface area contributed by atoms with Crippen LogP contribution in [0.4, 0.5) is 4.39 Å². The Morgan fingerprint density at radius 2 is 1.94 bits per heavy atom. The summed E-state index contributed by atoms with van der Waals surface area (Å²) in [5, 5.41) is 1.06. The molecular formula is C13H13ClFN. The van der Waals surface area contributed by atoms with Crippen LogP contribution in [0.5, 0.6) is 0 Å². The highest BCUT2D eigenvalue weighted by Crippen LogP contribution is 2.26. The van der Waals surface area contributed by atoms with E-state index in [4.69, 9.17) is 11.6 Å². The molecule has 1 aromatic heterocycles. The highest BCUT2D eigenvalue weighted by atomic mass is 35.5. The van der Waals surface area contributed by atoms with Gasteiger partial charge in [0.2, 0.25) is 0 Å². The van der Waals surface area contributed by atoms with Crippen LogP contribution in [0.15, 0.2) is 18.2 Å². The van der Waals surface area contributed by atoms with Crippen molar-refractivity contribution in [3.63, 3.8) is 0 Å². The maximum atomic E-state index is 13.3. The predicted molar refractivity (Wildman–Crippen MR) is 65.5 cm³/mol. The minimum absolute atomic E-state index is 0.148. The molecule has 0 unspecified atom stereocenters. The largest absolute Gasteiger partial charge is 0.252 e. The molecule has 1 aromatic carbocycles. The van der Waals surface area contributed by atoms with Crippen molar-refractivity contribution in [3.8, 4) is 0 Å². The highest BCUT2D eigenvalue weighted by Gasteiger charge is 2.09. The highest BCUT2D eigenvalue weighted by molar-refractivity contribution is 6.31. The standard InChI is InChI=1S/C13H13ClFN/c1-7(2)12-4-8(3)9-5-10(14)11(15)6-13(9)16-12/h4-7H,1-3H3. The second kappa shape index (κ2) is 4.02. The van der Waals surface area contributed by atoms with Gasteiger partial charge in [-0.25, -0.2) is 4.39 Å². The van der Waals surface area contributed by atoms with Crippen LogP contribution in [0.25, 0.3) is 10.9 Å². The monoisotopic (exact) mass is 237 g/mol. The minimum Gasteiger partial charge on any atom is -0.252 e. The first-order valence-corrected chi connectivity index (χ1v) is 5.63. The molecule has 1 nitrogen and oxygen atoms in total. The summed E-state index contributed by atoms with van der Waals surface area (Å²) in [6.07, 6.45) is 0. The summed E-state index contributed by atoms with van der Waals surface area (Å²) in [5.74, 6) is -0.0798. The van der Waals surface area contributed by atoms with Crippen LogP contribution in [0.1, 0.15) is 31.0 Å². The topological polar surface area (TPSA) is 12.9 Å². The van der Waals surface area contributed by atoms with Gasteiger partial charge in [-0.3, -0.25) is 4.98 Å². The van der Waals surface area contributed by atoms with Crippen LogP contribution in [0.2, 0.25) is 5.02 Å². The lowest BCUT2D eigenvalue weighted by atomic mass is 10.0. The predicted octanol–water partition coefficient (Wildman–Crippen LogP) is 4.46. The molecule has 0 amide bonds. The summed E-state index contributed by atoms with van der Waals surface area (Å²) in [6, 6.07) is 5.07. The first kappa shape index (κ1) is 11.3. The van der Waals surface area contributed by atoms with Gasteiger partial charge in [0.15, 0.2) is 0 Å². The maximum absolute atomic E-state index is 13.3. The Kier molecular flexibility index (Phi) is 2.85. The molecule has 84 valence electrons. The molecule has 0 aliphatic heterocycles. The number of hydrogen-bond acceptors (Lipinski definition) is 1. The number of rotatable bonds is 1. The summed E-state index contributed by atoms with van der Waals surface area (Å²) in [5.41, 5.74) is 2.73. The molecule has 1 heterocycles. The van der Waals surface area contributed by atoms with Gasteiger partial charge in [0.1, 0.15) is 5.82 Å². The fourth-order valence-corrected chi connectivity index (χ4v) is 1.88.